The number of Topliss-reactive ketones (excluding diaryl/α,β-unsaturated/α-hetero) is 1. The lowest BCUT2D eigenvalue weighted by molar-refractivity contribution is -0.132. The third-order valence-corrected chi connectivity index (χ3v) is 9.51. The molecule has 1 saturated heterocycles. The van der Waals surface area contributed by atoms with Crippen molar-refractivity contribution < 1.29 is 23.8 Å². The summed E-state index contributed by atoms with van der Waals surface area (Å²) in [7, 11) is 1.33. The van der Waals surface area contributed by atoms with E-state index in [1.54, 1.807) is 0 Å². The molecule has 0 aliphatic carbocycles. The van der Waals surface area contributed by atoms with E-state index in [1.807, 2.05) is 49.4 Å². The van der Waals surface area contributed by atoms with Crippen LogP contribution in [-0.2, 0) is 21.8 Å². The van der Waals surface area contributed by atoms with Gasteiger partial charge in [0.15, 0.2) is 15.9 Å². The molecule has 7 nitrogen and oxygen atoms in total. The van der Waals surface area contributed by atoms with Crippen LogP contribution in [0, 0.1) is 5.82 Å². The van der Waals surface area contributed by atoms with E-state index in [0.717, 1.165) is 34.4 Å². The molecular formula is C33H26FN3O4S2. The van der Waals surface area contributed by atoms with Gasteiger partial charge in [-0.1, -0.05) is 96.8 Å². The molecule has 2 heterocycles. The van der Waals surface area contributed by atoms with Crippen molar-refractivity contribution in [1.82, 2.24) is 10.2 Å². The quantitative estimate of drug-likeness (QED) is 0.0646. The Bertz CT molecular complexity index is 1880. The van der Waals surface area contributed by atoms with Gasteiger partial charge in [-0.05, 0) is 52.1 Å². The lowest BCUT2D eigenvalue weighted by Gasteiger charge is -2.22. The molecule has 1 unspecified atom stereocenters. The number of aliphatic hydroxyl groups is 1. The summed E-state index contributed by atoms with van der Waals surface area (Å²) >= 11 is 2.68. The average molecular weight is 612 g/mol. The minimum Gasteiger partial charge on any atom is -0.507 e. The standard InChI is InChI=1S/C33H26FN3O4S2/c1-3-19-11-13-21(14-12-19)28-27(29(38)22-15-16-26(41-2)25(34)17-22)30(39)31(40)37(28)32-35-36-33(43-32)42-18-23-9-6-8-20-7-4-5-10-24(20)23/h4-17,28,38H,3,18H2,1-2H3. The summed E-state index contributed by atoms with van der Waals surface area (Å²) in [5.41, 5.74) is 2.71. The van der Waals surface area contributed by atoms with Gasteiger partial charge in [0.1, 0.15) is 5.76 Å². The van der Waals surface area contributed by atoms with Crippen molar-refractivity contribution in [3.63, 3.8) is 0 Å². The summed E-state index contributed by atoms with van der Waals surface area (Å²) < 4.78 is 20.2. The number of aliphatic hydroxyl groups excluding tert-OH is 1. The van der Waals surface area contributed by atoms with Gasteiger partial charge in [-0.25, -0.2) is 4.39 Å². The number of methoxy groups -OCH3 is 1. The third kappa shape index (κ3) is 5.39. The Morgan fingerprint density at radius 3 is 2.53 bits per heavy atom. The van der Waals surface area contributed by atoms with E-state index in [2.05, 4.69) is 34.5 Å². The zero-order chi connectivity index (χ0) is 30.1. The number of rotatable bonds is 8. The van der Waals surface area contributed by atoms with Crippen LogP contribution in [-0.4, -0.2) is 34.1 Å². The van der Waals surface area contributed by atoms with Crippen molar-refractivity contribution in [3.8, 4) is 5.75 Å². The lowest BCUT2D eigenvalue weighted by Crippen LogP contribution is -2.29. The summed E-state index contributed by atoms with van der Waals surface area (Å²) in [6, 6.07) is 24.6. The summed E-state index contributed by atoms with van der Waals surface area (Å²) in [6.07, 6.45) is 0.805. The maximum atomic E-state index is 14.6. The van der Waals surface area contributed by atoms with Crippen molar-refractivity contribution in [2.75, 3.05) is 12.0 Å². The summed E-state index contributed by atoms with van der Waals surface area (Å²) in [4.78, 5) is 28.3. The van der Waals surface area contributed by atoms with Crippen LogP contribution >= 0.6 is 23.1 Å². The Hall–Kier alpha value is -4.54. The Balaban J connectivity index is 1.38. The molecule has 1 fully saturated rings. The van der Waals surface area contributed by atoms with Crippen LogP contribution in [0.15, 0.2) is 94.8 Å². The third-order valence-electron chi connectivity index (χ3n) is 7.41. The number of amides is 1. The Labute approximate surface area is 255 Å². The van der Waals surface area contributed by atoms with Crippen LogP contribution in [0.3, 0.4) is 0 Å². The number of fused-ring (bicyclic) bond motifs is 1. The van der Waals surface area contributed by atoms with Gasteiger partial charge in [-0.2, -0.15) is 0 Å². The molecule has 1 atom stereocenters. The minimum atomic E-state index is -0.986. The number of halogens is 1. The van der Waals surface area contributed by atoms with E-state index in [0.29, 0.717) is 15.7 Å². The molecule has 1 aliphatic heterocycles. The van der Waals surface area contributed by atoms with Crippen molar-refractivity contribution in [2.45, 2.75) is 29.5 Å². The van der Waals surface area contributed by atoms with E-state index in [4.69, 9.17) is 4.74 Å². The van der Waals surface area contributed by atoms with Crippen molar-refractivity contribution in [3.05, 3.63) is 119 Å². The first-order chi connectivity index (χ1) is 20.9. The van der Waals surface area contributed by atoms with Crippen LogP contribution < -0.4 is 9.64 Å². The number of anilines is 1. The number of ketones is 1. The first kappa shape index (κ1) is 28.6. The number of benzene rings is 4. The van der Waals surface area contributed by atoms with Gasteiger partial charge in [0.2, 0.25) is 5.13 Å². The fourth-order valence-electron chi connectivity index (χ4n) is 5.17. The molecule has 10 heteroatoms. The molecular weight excluding hydrogens is 586 g/mol. The van der Waals surface area contributed by atoms with Gasteiger partial charge < -0.3 is 9.84 Å². The first-order valence-corrected chi connectivity index (χ1v) is 15.4. The molecule has 1 aromatic heterocycles. The van der Waals surface area contributed by atoms with Gasteiger partial charge in [0.25, 0.3) is 5.78 Å². The number of aryl methyl sites for hydroxylation is 1. The van der Waals surface area contributed by atoms with E-state index in [-0.39, 0.29) is 22.0 Å². The SMILES string of the molecule is CCc1ccc(C2C(=C(O)c3ccc(OC)c(F)c3)C(=O)C(=O)N2c2nnc(SCc3cccc4ccccc34)s2)cc1. The number of aromatic nitrogens is 2. The van der Waals surface area contributed by atoms with Crippen LogP contribution in [0.4, 0.5) is 9.52 Å². The van der Waals surface area contributed by atoms with Crippen LogP contribution in [0.5, 0.6) is 5.75 Å². The number of nitrogens with zero attached hydrogens (tertiary/aromatic N) is 3. The Morgan fingerprint density at radius 2 is 1.79 bits per heavy atom. The van der Waals surface area contributed by atoms with E-state index in [9.17, 15) is 19.1 Å². The molecule has 0 spiro atoms. The molecule has 0 bridgehead atoms. The molecule has 1 amide bonds. The van der Waals surface area contributed by atoms with E-state index >= 15 is 0 Å². The highest BCUT2D eigenvalue weighted by Gasteiger charge is 2.48. The molecule has 6 rings (SSSR count). The second kappa shape index (κ2) is 12.0. The fourth-order valence-corrected chi connectivity index (χ4v) is 7.04. The minimum absolute atomic E-state index is 0.00825. The zero-order valence-electron chi connectivity index (χ0n) is 23.3. The fraction of sp³-hybridized carbons (Fsp3) is 0.152. The number of hydrogen-bond acceptors (Lipinski definition) is 8. The molecule has 216 valence electrons. The Kier molecular flexibility index (Phi) is 7.96. The number of carbonyl (C=O) groups is 2. The van der Waals surface area contributed by atoms with Crippen molar-refractivity contribution in [1.29, 1.82) is 0 Å². The van der Waals surface area contributed by atoms with Gasteiger partial charge in [0.05, 0.1) is 18.7 Å². The highest BCUT2D eigenvalue weighted by atomic mass is 32.2. The molecule has 43 heavy (non-hydrogen) atoms. The molecule has 4 aromatic carbocycles. The topological polar surface area (TPSA) is 92.6 Å². The second-order valence-corrected chi connectivity index (χ2v) is 12.1. The predicted molar refractivity (Wildman–Crippen MR) is 167 cm³/mol. The maximum absolute atomic E-state index is 14.6. The monoisotopic (exact) mass is 611 g/mol. The number of thioether (sulfide) groups is 1. The number of carbonyl (C=O) groups excluding carboxylic acids is 2. The second-order valence-electron chi connectivity index (χ2n) is 9.89. The molecule has 0 radical (unpaired) electrons. The maximum Gasteiger partial charge on any atom is 0.301 e. The van der Waals surface area contributed by atoms with Gasteiger partial charge in [-0.3, -0.25) is 14.5 Å². The van der Waals surface area contributed by atoms with E-state index < -0.39 is 29.3 Å². The van der Waals surface area contributed by atoms with Crippen LogP contribution in [0.2, 0.25) is 0 Å². The number of ether oxygens (including phenoxy) is 1. The summed E-state index contributed by atoms with van der Waals surface area (Å²) in [5, 5.41) is 22.5. The summed E-state index contributed by atoms with van der Waals surface area (Å²) in [5.74, 6) is -2.30. The highest BCUT2D eigenvalue weighted by molar-refractivity contribution is 8.00. The molecule has 1 aliphatic rings. The summed E-state index contributed by atoms with van der Waals surface area (Å²) in [6.45, 7) is 2.03. The zero-order valence-corrected chi connectivity index (χ0v) is 24.9. The first-order valence-electron chi connectivity index (χ1n) is 13.6. The smallest absolute Gasteiger partial charge is 0.301 e. The molecule has 0 saturated carbocycles. The van der Waals surface area contributed by atoms with Gasteiger partial charge in [-0.15, -0.1) is 10.2 Å². The predicted octanol–water partition coefficient (Wildman–Crippen LogP) is 7.32. The van der Waals surface area contributed by atoms with Gasteiger partial charge >= 0.3 is 5.91 Å². The largest absolute Gasteiger partial charge is 0.507 e. The van der Waals surface area contributed by atoms with Crippen molar-refractivity contribution in [2.24, 2.45) is 0 Å². The van der Waals surface area contributed by atoms with Crippen LogP contribution in [0.1, 0.15) is 35.2 Å². The normalized spacial score (nSPS) is 16.3. The van der Waals surface area contributed by atoms with Gasteiger partial charge in [0, 0.05) is 11.3 Å². The van der Waals surface area contributed by atoms with Crippen molar-refractivity contribution >= 4 is 56.5 Å². The lowest BCUT2D eigenvalue weighted by atomic mass is 9.94. The molecule has 5 aromatic rings. The number of hydrogen-bond donors (Lipinski definition) is 1. The average Bonchev–Trinajstić information content (AvgIpc) is 3.61. The highest BCUT2D eigenvalue weighted by Crippen LogP contribution is 2.44. The van der Waals surface area contributed by atoms with E-state index in [1.165, 1.54) is 47.2 Å². The molecule has 1 N–H and O–H groups in total. The Morgan fingerprint density at radius 1 is 1.02 bits per heavy atom. The van der Waals surface area contributed by atoms with Crippen LogP contribution in [0.25, 0.3) is 16.5 Å².